The minimum atomic E-state index is -0.847. The highest BCUT2D eigenvalue weighted by atomic mass is 35.5. The van der Waals surface area contributed by atoms with Crippen LogP contribution in [0.5, 0.6) is 11.5 Å². The smallest absolute Gasteiger partial charge is 0.300 e. The van der Waals surface area contributed by atoms with Crippen LogP contribution in [0.25, 0.3) is 5.76 Å². The van der Waals surface area contributed by atoms with E-state index >= 15 is 0 Å². The molecular formula is C28H25ClN2O5. The summed E-state index contributed by atoms with van der Waals surface area (Å²) in [5.41, 5.74) is 3.26. The van der Waals surface area contributed by atoms with Crippen molar-refractivity contribution in [1.82, 2.24) is 0 Å². The Kier molecular flexibility index (Phi) is 6.10. The van der Waals surface area contributed by atoms with Gasteiger partial charge in [-0.3, -0.25) is 14.5 Å². The maximum Gasteiger partial charge on any atom is 0.300 e. The fourth-order valence-electron chi connectivity index (χ4n) is 4.75. The zero-order valence-corrected chi connectivity index (χ0v) is 20.9. The fraction of sp³-hybridized carbons (Fsp3) is 0.214. The zero-order chi connectivity index (χ0) is 25.6. The van der Waals surface area contributed by atoms with Crippen LogP contribution in [0, 0.1) is 6.92 Å². The summed E-state index contributed by atoms with van der Waals surface area (Å²) in [5, 5.41) is 11.8. The normalized spacial score (nSPS) is 18.7. The Morgan fingerprint density at radius 1 is 1.11 bits per heavy atom. The molecule has 1 atom stereocenters. The number of carbonyl (C=O) groups is 2. The van der Waals surface area contributed by atoms with E-state index in [4.69, 9.17) is 21.1 Å². The van der Waals surface area contributed by atoms with Crippen molar-refractivity contribution in [2.45, 2.75) is 13.0 Å². The quantitative estimate of drug-likeness (QED) is 0.302. The van der Waals surface area contributed by atoms with Crippen LogP contribution < -0.4 is 19.3 Å². The SMILES string of the molecule is COc1ccc(N2C(=O)C(=O)/C(=C(/O)c3ccc4c(c3)N(C)CCO4)C2c2ccccc2C)cc1Cl. The third-order valence-electron chi connectivity index (χ3n) is 6.67. The number of benzene rings is 3. The lowest BCUT2D eigenvalue weighted by Gasteiger charge is -2.28. The highest BCUT2D eigenvalue weighted by Crippen LogP contribution is 2.45. The van der Waals surface area contributed by atoms with Crippen LogP contribution in [0.4, 0.5) is 11.4 Å². The Bertz CT molecular complexity index is 1420. The van der Waals surface area contributed by atoms with E-state index in [1.807, 2.05) is 43.1 Å². The number of Topliss-reactive ketones (excluding diaryl/α,β-unsaturated/α-hetero) is 1. The van der Waals surface area contributed by atoms with Crippen molar-refractivity contribution in [1.29, 1.82) is 0 Å². The molecule has 3 aromatic carbocycles. The fourth-order valence-corrected chi connectivity index (χ4v) is 5.00. The molecule has 2 aliphatic rings. The van der Waals surface area contributed by atoms with Crippen LogP contribution in [0.15, 0.2) is 66.2 Å². The monoisotopic (exact) mass is 504 g/mol. The average molecular weight is 505 g/mol. The van der Waals surface area contributed by atoms with Crippen molar-refractivity contribution in [2.75, 3.05) is 37.1 Å². The molecule has 0 aliphatic carbocycles. The van der Waals surface area contributed by atoms with Gasteiger partial charge in [0.2, 0.25) is 0 Å². The minimum Gasteiger partial charge on any atom is -0.507 e. The molecule has 5 rings (SSSR count). The molecule has 184 valence electrons. The summed E-state index contributed by atoms with van der Waals surface area (Å²) < 4.78 is 11.0. The Morgan fingerprint density at radius 2 is 1.89 bits per heavy atom. The van der Waals surface area contributed by atoms with E-state index in [-0.39, 0.29) is 11.3 Å². The molecule has 1 unspecified atom stereocenters. The van der Waals surface area contributed by atoms with Crippen molar-refractivity contribution in [3.63, 3.8) is 0 Å². The molecule has 1 amide bonds. The summed E-state index contributed by atoms with van der Waals surface area (Å²) in [6.45, 7) is 3.17. The third kappa shape index (κ3) is 3.85. The molecule has 36 heavy (non-hydrogen) atoms. The van der Waals surface area contributed by atoms with E-state index in [1.54, 1.807) is 36.4 Å². The van der Waals surface area contributed by atoms with Gasteiger partial charge < -0.3 is 19.5 Å². The molecule has 0 spiro atoms. The first-order valence-corrected chi connectivity index (χ1v) is 11.9. The molecule has 0 saturated carbocycles. The Labute approximate surface area is 214 Å². The third-order valence-corrected chi connectivity index (χ3v) is 6.96. The number of fused-ring (bicyclic) bond motifs is 1. The van der Waals surface area contributed by atoms with Gasteiger partial charge in [0, 0.05) is 18.3 Å². The summed E-state index contributed by atoms with van der Waals surface area (Å²) >= 11 is 6.37. The van der Waals surface area contributed by atoms with E-state index in [9.17, 15) is 14.7 Å². The van der Waals surface area contributed by atoms with Gasteiger partial charge in [-0.05, 0) is 54.4 Å². The molecule has 1 fully saturated rings. The molecule has 0 bridgehead atoms. The van der Waals surface area contributed by atoms with Gasteiger partial charge >= 0.3 is 0 Å². The number of methoxy groups -OCH3 is 1. The minimum absolute atomic E-state index is 0.0144. The van der Waals surface area contributed by atoms with Gasteiger partial charge in [0.05, 0.1) is 36.0 Å². The molecule has 8 heteroatoms. The predicted molar refractivity (Wildman–Crippen MR) is 139 cm³/mol. The number of rotatable bonds is 4. The number of aliphatic hydroxyl groups is 1. The summed E-state index contributed by atoms with van der Waals surface area (Å²) in [6.07, 6.45) is 0. The number of hydrogen-bond acceptors (Lipinski definition) is 6. The van der Waals surface area contributed by atoms with Gasteiger partial charge in [-0.2, -0.15) is 0 Å². The van der Waals surface area contributed by atoms with E-state index in [2.05, 4.69) is 0 Å². The highest BCUT2D eigenvalue weighted by Gasteiger charge is 2.47. The predicted octanol–water partition coefficient (Wildman–Crippen LogP) is 5.11. The van der Waals surface area contributed by atoms with E-state index in [0.717, 1.165) is 16.8 Å². The lowest BCUT2D eigenvalue weighted by molar-refractivity contribution is -0.132. The van der Waals surface area contributed by atoms with E-state index in [1.165, 1.54) is 12.0 Å². The van der Waals surface area contributed by atoms with Crippen molar-refractivity contribution >= 4 is 40.4 Å². The first-order chi connectivity index (χ1) is 17.3. The van der Waals surface area contributed by atoms with Crippen molar-refractivity contribution < 1.29 is 24.2 Å². The second-order valence-corrected chi connectivity index (χ2v) is 9.20. The number of aryl methyl sites for hydroxylation is 1. The molecule has 1 N–H and O–H groups in total. The maximum atomic E-state index is 13.5. The summed E-state index contributed by atoms with van der Waals surface area (Å²) in [6, 6.07) is 16.8. The topological polar surface area (TPSA) is 79.3 Å². The lowest BCUT2D eigenvalue weighted by Crippen LogP contribution is -2.29. The number of likely N-dealkylation sites (N-methyl/N-ethyl adjacent to an activating group) is 1. The molecule has 3 aromatic rings. The maximum absolute atomic E-state index is 13.5. The Morgan fingerprint density at radius 3 is 2.61 bits per heavy atom. The van der Waals surface area contributed by atoms with E-state index < -0.39 is 17.7 Å². The van der Waals surface area contributed by atoms with Gasteiger partial charge in [-0.15, -0.1) is 0 Å². The van der Waals surface area contributed by atoms with Gasteiger partial charge in [0.15, 0.2) is 0 Å². The Balaban J connectivity index is 1.71. The number of nitrogens with zero attached hydrogens (tertiary/aromatic N) is 2. The first-order valence-electron chi connectivity index (χ1n) is 11.5. The standard InChI is InChI=1S/C28H25ClN2O5/c1-16-6-4-5-7-19(16)25-24(26(32)17-8-10-23-21(14-17)30(2)12-13-36-23)27(33)28(34)31(25)18-9-11-22(35-3)20(29)15-18/h4-11,14-15,25,32H,12-13H2,1-3H3/b26-24+. The van der Waals surface area contributed by atoms with Gasteiger partial charge in [-0.1, -0.05) is 35.9 Å². The highest BCUT2D eigenvalue weighted by molar-refractivity contribution is 6.52. The van der Waals surface area contributed by atoms with Crippen LogP contribution in [-0.2, 0) is 9.59 Å². The second-order valence-electron chi connectivity index (χ2n) is 8.80. The molecular weight excluding hydrogens is 480 g/mol. The number of ketones is 1. The summed E-state index contributed by atoms with van der Waals surface area (Å²) in [5.74, 6) is -0.612. The van der Waals surface area contributed by atoms with Crippen LogP contribution in [0.1, 0.15) is 22.7 Å². The molecule has 0 aromatic heterocycles. The second kappa shape index (κ2) is 9.24. The van der Waals surface area contributed by atoms with Crippen molar-refractivity contribution in [3.05, 3.63) is 87.9 Å². The average Bonchev–Trinajstić information content (AvgIpc) is 3.14. The lowest BCUT2D eigenvalue weighted by atomic mass is 9.92. The number of halogens is 1. The van der Waals surface area contributed by atoms with Gasteiger partial charge in [-0.25, -0.2) is 0 Å². The molecule has 7 nitrogen and oxygen atoms in total. The van der Waals surface area contributed by atoms with Crippen molar-refractivity contribution in [3.8, 4) is 11.5 Å². The molecule has 2 heterocycles. The zero-order valence-electron chi connectivity index (χ0n) is 20.1. The number of aliphatic hydroxyl groups excluding tert-OH is 1. The number of carbonyl (C=O) groups excluding carboxylic acids is 2. The molecule has 2 aliphatic heterocycles. The van der Waals surface area contributed by atoms with Crippen LogP contribution in [0.2, 0.25) is 5.02 Å². The van der Waals surface area contributed by atoms with Crippen molar-refractivity contribution in [2.24, 2.45) is 0 Å². The Hall–Kier alpha value is -3.97. The van der Waals surface area contributed by atoms with Crippen LogP contribution >= 0.6 is 11.6 Å². The number of hydrogen-bond donors (Lipinski definition) is 1. The van der Waals surface area contributed by atoms with E-state index in [0.29, 0.717) is 40.9 Å². The largest absolute Gasteiger partial charge is 0.507 e. The number of ether oxygens (including phenoxy) is 2. The van der Waals surface area contributed by atoms with Gasteiger partial charge in [0.1, 0.15) is 23.9 Å². The molecule has 1 saturated heterocycles. The number of amides is 1. The summed E-state index contributed by atoms with van der Waals surface area (Å²) in [4.78, 5) is 30.3. The molecule has 0 radical (unpaired) electrons. The van der Waals surface area contributed by atoms with Crippen LogP contribution in [-0.4, -0.2) is 44.1 Å². The van der Waals surface area contributed by atoms with Crippen LogP contribution in [0.3, 0.4) is 0 Å². The summed E-state index contributed by atoms with van der Waals surface area (Å²) in [7, 11) is 3.44. The number of anilines is 2. The first kappa shape index (κ1) is 23.8. The van der Waals surface area contributed by atoms with Gasteiger partial charge in [0.25, 0.3) is 11.7 Å².